The van der Waals surface area contributed by atoms with Crippen molar-refractivity contribution in [3.8, 4) is 0 Å². The molecular weight excluding hydrogens is 449 g/mol. The Hall–Kier alpha value is -2.82. The van der Waals surface area contributed by atoms with E-state index >= 15 is 0 Å². The summed E-state index contributed by atoms with van der Waals surface area (Å²) in [6.07, 6.45) is 2.68. The minimum atomic E-state index is -1.05. The van der Waals surface area contributed by atoms with Crippen molar-refractivity contribution in [1.29, 1.82) is 0 Å². The predicted octanol–water partition coefficient (Wildman–Crippen LogP) is 6.25. The monoisotopic (exact) mass is 471 g/mol. The summed E-state index contributed by atoms with van der Waals surface area (Å²) in [6.45, 7) is 12.4. The van der Waals surface area contributed by atoms with E-state index < -0.39 is 17.3 Å². The van der Waals surface area contributed by atoms with E-state index in [1.165, 1.54) is 12.1 Å². The number of carbonyl (C=O) groups is 2. The van der Waals surface area contributed by atoms with Crippen molar-refractivity contribution in [1.82, 2.24) is 0 Å². The summed E-state index contributed by atoms with van der Waals surface area (Å²) in [4.78, 5) is 30.7. The van der Waals surface area contributed by atoms with E-state index in [0.717, 1.165) is 23.3 Å². The number of rotatable bonds is 7. The quantitative estimate of drug-likeness (QED) is 0.353. The van der Waals surface area contributed by atoms with Gasteiger partial charge in [-0.15, -0.1) is 0 Å². The van der Waals surface area contributed by atoms with Crippen LogP contribution in [0.4, 0.5) is 21.5 Å². The van der Waals surface area contributed by atoms with Crippen molar-refractivity contribution < 1.29 is 14.0 Å². The van der Waals surface area contributed by atoms with Crippen LogP contribution in [0, 0.1) is 12.4 Å². The molecule has 2 aromatic rings. The number of aryl methyl sites for hydroxylation is 1. The summed E-state index contributed by atoms with van der Waals surface area (Å²) in [5.41, 5.74) is 0.622. The molecule has 5 nitrogen and oxygen atoms in total. The molecular formula is C24H23ClFN3O2S. The Morgan fingerprint density at radius 1 is 1.22 bits per heavy atom. The number of Topliss-reactive ketones (excluding diaryl/α,β-unsaturated/α-hetero) is 1. The van der Waals surface area contributed by atoms with Gasteiger partial charge in [0, 0.05) is 18.5 Å². The van der Waals surface area contributed by atoms with E-state index in [4.69, 9.17) is 30.4 Å². The zero-order valence-corrected chi connectivity index (χ0v) is 19.7. The average molecular weight is 472 g/mol. The molecule has 0 saturated carbocycles. The third-order valence-electron chi connectivity index (χ3n) is 5.58. The zero-order chi connectivity index (χ0) is 23.6. The van der Waals surface area contributed by atoms with Crippen molar-refractivity contribution in [2.75, 3.05) is 9.80 Å². The molecule has 1 fully saturated rings. The fraction of sp³-hybridized carbons (Fsp3) is 0.333. The van der Waals surface area contributed by atoms with Crippen LogP contribution in [-0.2, 0) is 16.0 Å². The summed E-state index contributed by atoms with van der Waals surface area (Å²) in [6, 6.07) is 10.3. The van der Waals surface area contributed by atoms with Gasteiger partial charge in [-0.3, -0.25) is 14.5 Å². The number of benzene rings is 2. The van der Waals surface area contributed by atoms with E-state index in [9.17, 15) is 14.0 Å². The maximum absolute atomic E-state index is 14.9. The summed E-state index contributed by atoms with van der Waals surface area (Å²) < 4.78 is 14.9. The first kappa shape index (κ1) is 23.8. The normalized spacial score (nSPS) is 15.2. The predicted molar refractivity (Wildman–Crippen MR) is 129 cm³/mol. The average Bonchev–Trinajstić information content (AvgIpc) is 2.94. The summed E-state index contributed by atoms with van der Waals surface area (Å²) in [5, 5.41) is -0.206. The molecule has 0 aliphatic carbocycles. The molecule has 3 rings (SSSR count). The maximum atomic E-state index is 14.9. The number of hydrogen-bond donors (Lipinski definition) is 0. The van der Waals surface area contributed by atoms with Crippen LogP contribution in [0.15, 0.2) is 36.4 Å². The summed E-state index contributed by atoms with van der Waals surface area (Å²) in [7, 11) is 0. The molecule has 0 spiro atoms. The molecule has 0 radical (unpaired) electrons. The molecule has 0 atom stereocenters. The smallest absolute Gasteiger partial charge is 0.259 e. The fourth-order valence-electron chi connectivity index (χ4n) is 3.71. The van der Waals surface area contributed by atoms with Crippen LogP contribution in [0.5, 0.6) is 0 Å². The van der Waals surface area contributed by atoms with Crippen LogP contribution in [-0.4, -0.2) is 22.3 Å². The Morgan fingerprint density at radius 3 is 2.47 bits per heavy atom. The van der Waals surface area contributed by atoms with Gasteiger partial charge in [-0.2, -0.15) is 0 Å². The third-order valence-corrected chi connectivity index (χ3v) is 6.31. The van der Waals surface area contributed by atoms with Crippen LogP contribution in [0.1, 0.15) is 45.6 Å². The lowest BCUT2D eigenvalue weighted by Gasteiger charge is -2.29. The van der Waals surface area contributed by atoms with Crippen LogP contribution >= 0.6 is 23.8 Å². The molecule has 0 N–H and O–H groups in total. The Kier molecular flexibility index (Phi) is 6.97. The van der Waals surface area contributed by atoms with Crippen molar-refractivity contribution in [2.24, 2.45) is 0 Å². The number of thiocarbonyl (C=S) groups is 1. The number of nitrogens with zero attached hydrogens (tertiary/aromatic N) is 3. The highest BCUT2D eigenvalue weighted by atomic mass is 35.5. The molecule has 166 valence electrons. The minimum Gasteiger partial charge on any atom is -0.304 e. The van der Waals surface area contributed by atoms with Gasteiger partial charge >= 0.3 is 0 Å². The van der Waals surface area contributed by atoms with E-state index in [-0.39, 0.29) is 27.3 Å². The summed E-state index contributed by atoms with van der Waals surface area (Å²) in [5.74, 6) is -0.998. The lowest BCUT2D eigenvalue weighted by Crippen LogP contribution is -2.44. The molecule has 1 heterocycles. The van der Waals surface area contributed by atoms with Crippen LogP contribution in [0.2, 0.25) is 5.02 Å². The molecule has 0 unspecified atom stereocenters. The van der Waals surface area contributed by atoms with E-state index in [2.05, 4.69) is 4.85 Å². The highest BCUT2D eigenvalue weighted by Crippen LogP contribution is 2.40. The first-order valence-corrected chi connectivity index (χ1v) is 11.1. The molecule has 1 aliphatic rings. The zero-order valence-electron chi connectivity index (χ0n) is 18.1. The van der Waals surface area contributed by atoms with Gasteiger partial charge in [0.25, 0.3) is 5.91 Å². The Balaban J connectivity index is 1.88. The second kappa shape index (κ2) is 9.35. The van der Waals surface area contributed by atoms with E-state index in [1.807, 2.05) is 31.2 Å². The Labute approximate surface area is 197 Å². The van der Waals surface area contributed by atoms with Crippen LogP contribution < -0.4 is 9.80 Å². The van der Waals surface area contributed by atoms with Crippen molar-refractivity contribution in [3.05, 3.63) is 64.2 Å². The van der Waals surface area contributed by atoms with Gasteiger partial charge in [0.1, 0.15) is 11.3 Å². The minimum absolute atomic E-state index is 0.0298. The second-order valence-corrected chi connectivity index (χ2v) is 8.82. The number of ketones is 1. The van der Waals surface area contributed by atoms with Crippen LogP contribution in [0.3, 0.4) is 0 Å². The number of halogens is 2. The highest BCUT2D eigenvalue weighted by molar-refractivity contribution is 7.81. The fourth-order valence-corrected chi connectivity index (χ4v) is 4.42. The second-order valence-electron chi connectivity index (χ2n) is 8.07. The SMILES string of the molecule is [C-]#[N+]c1ccc(N2C(=O)C(C)(C)N(c3ccc(CCCC(=O)CC)cc3)C2=S)c(F)c1Cl. The molecule has 2 aromatic carbocycles. The molecule has 32 heavy (non-hydrogen) atoms. The first-order chi connectivity index (χ1) is 15.1. The van der Waals surface area contributed by atoms with Gasteiger partial charge in [-0.05, 0) is 62.7 Å². The lowest BCUT2D eigenvalue weighted by molar-refractivity contribution is -0.120. The highest BCUT2D eigenvalue weighted by Gasteiger charge is 2.51. The molecule has 8 heteroatoms. The third kappa shape index (κ3) is 4.25. The van der Waals surface area contributed by atoms with Gasteiger partial charge in [0.05, 0.1) is 17.3 Å². The Morgan fingerprint density at radius 2 is 1.88 bits per heavy atom. The number of anilines is 2. The van der Waals surface area contributed by atoms with Gasteiger partial charge in [-0.25, -0.2) is 9.24 Å². The maximum Gasteiger partial charge on any atom is 0.259 e. The van der Waals surface area contributed by atoms with E-state index in [0.29, 0.717) is 18.5 Å². The molecule has 0 bridgehead atoms. The number of carbonyl (C=O) groups excluding carboxylic acids is 2. The van der Waals surface area contributed by atoms with Gasteiger partial charge in [0.15, 0.2) is 10.9 Å². The van der Waals surface area contributed by atoms with Gasteiger partial charge in [-0.1, -0.05) is 36.7 Å². The molecule has 1 aliphatic heterocycles. The van der Waals surface area contributed by atoms with Gasteiger partial charge in [0.2, 0.25) is 5.69 Å². The molecule has 1 amide bonds. The summed E-state index contributed by atoms with van der Waals surface area (Å²) >= 11 is 11.6. The lowest BCUT2D eigenvalue weighted by atomic mass is 10.0. The van der Waals surface area contributed by atoms with Crippen LogP contribution in [0.25, 0.3) is 4.85 Å². The largest absolute Gasteiger partial charge is 0.304 e. The molecule has 0 aromatic heterocycles. The number of hydrogen-bond acceptors (Lipinski definition) is 3. The van der Waals surface area contributed by atoms with Crippen molar-refractivity contribution in [3.63, 3.8) is 0 Å². The van der Waals surface area contributed by atoms with Crippen molar-refractivity contribution in [2.45, 2.75) is 52.0 Å². The topological polar surface area (TPSA) is 45.0 Å². The van der Waals surface area contributed by atoms with Crippen molar-refractivity contribution >= 4 is 57.7 Å². The molecule has 1 saturated heterocycles. The van der Waals surface area contributed by atoms with E-state index in [1.54, 1.807) is 18.7 Å². The Bertz CT molecular complexity index is 1130. The number of amides is 1. The first-order valence-electron chi connectivity index (χ1n) is 10.3. The van der Waals surface area contributed by atoms with Gasteiger partial charge < -0.3 is 4.90 Å². The standard InChI is InChI=1S/C24H23ClFN3O2S/c1-5-17(30)8-6-7-15-9-11-16(12-10-15)29-23(32)28(22(31)24(29,2)3)19-14-13-18(27-4)20(25)21(19)26/h9-14H,5-8H2,1-3H3.